The number of carbonyl (C=O) groups excluding carboxylic acids is 2. The van der Waals surface area contributed by atoms with Gasteiger partial charge in [0.05, 0.1) is 12.1 Å². The highest BCUT2D eigenvalue weighted by atomic mass is 79.9. The highest BCUT2D eigenvalue weighted by Gasteiger charge is 2.36. The Hall–Kier alpha value is -1.17. The number of hydrogen-bond donors (Lipinski definition) is 0. The molecular formula is C8H7BrN2O3. The lowest BCUT2D eigenvalue weighted by molar-refractivity contribution is -0.152. The van der Waals surface area contributed by atoms with E-state index >= 15 is 0 Å². The van der Waals surface area contributed by atoms with Gasteiger partial charge in [-0.1, -0.05) is 0 Å². The van der Waals surface area contributed by atoms with Crippen LogP contribution in [-0.2, 0) is 21.4 Å². The van der Waals surface area contributed by atoms with E-state index in [0.717, 1.165) is 0 Å². The Morgan fingerprint density at radius 2 is 2.36 bits per heavy atom. The minimum absolute atomic E-state index is 0.102. The number of ether oxygens (including phenoxy) is 1. The van der Waals surface area contributed by atoms with Crippen molar-refractivity contribution in [1.29, 1.82) is 0 Å². The minimum Gasteiger partial charge on any atom is -0.393 e. The van der Waals surface area contributed by atoms with Crippen LogP contribution < -0.4 is 0 Å². The SMILES string of the molecule is Cn1nc(Br)cc1C1CC(=O)OC1=O. The van der Waals surface area contributed by atoms with Crippen LogP contribution in [0.25, 0.3) is 0 Å². The molecule has 1 saturated heterocycles. The zero-order valence-electron chi connectivity index (χ0n) is 7.36. The fraction of sp³-hybridized carbons (Fsp3) is 0.375. The van der Waals surface area contributed by atoms with Gasteiger partial charge in [-0.05, 0) is 22.0 Å². The maximum absolute atomic E-state index is 11.2. The van der Waals surface area contributed by atoms with Gasteiger partial charge in [0.2, 0.25) is 0 Å². The monoisotopic (exact) mass is 258 g/mol. The van der Waals surface area contributed by atoms with E-state index in [0.29, 0.717) is 10.3 Å². The Bertz CT molecular complexity index is 413. The first-order chi connectivity index (χ1) is 6.58. The first-order valence-electron chi connectivity index (χ1n) is 4.02. The van der Waals surface area contributed by atoms with Gasteiger partial charge in [0.1, 0.15) is 10.5 Å². The van der Waals surface area contributed by atoms with Crippen LogP contribution in [0.2, 0.25) is 0 Å². The van der Waals surface area contributed by atoms with E-state index in [-0.39, 0.29) is 6.42 Å². The summed E-state index contributed by atoms with van der Waals surface area (Å²) in [6.07, 6.45) is 0.102. The number of cyclic esters (lactones) is 2. The van der Waals surface area contributed by atoms with E-state index in [1.54, 1.807) is 17.8 Å². The molecule has 0 aliphatic carbocycles. The molecule has 1 aliphatic heterocycles. The Balaban J connectivity index is 2.36. The average Bonchev–Trinajstić information content (AvgIpc) is 2.55. The van der Waals surface area contributed by atoms with Crippen LogP contribution in [0.3, 0.4) is 0 Å². The summed E-state index contributed by atoms with van der Waals surface area (Å²) in [7, 11) is 1.72. The van der Waals surface area contributed by atoms with Gasteiger partial charge in [-0.2, -0.15) is 5.10 Å². The summed E-state index contributed by atoms with van der Waals surface area (Å²) >= 11 is 3.20. The Labute approximate surface area is 88.2 Å². The summed E-state index contributed by atoms with van der Waals surface area (Å²) in [6, 6.07) is 1.71. The van der Waals surface area contributed by atoms with Crippen molar-refractivity contribution in [1.82, 2.24) is 9.78 Å². The molecule has 1 unspecified atom stereocenters. The second kappa shape index (κ2) is 3.20. The van der Waals surface area contributed by atoms with Crippen molar-refractivity contribution in [2.24, 2.45) is 7.05 Å². The number of halogens is 1. The normalized spacial score (nSPS) is 21.4. The summed E-state index contributed by atoms with van der Waals surface area (Å²) in [5, 5.41) is 4.03. The summed E-state index contributed by atoms with van der Waals surface area (Å²) in [5.74, 6) is -1.48. The molecule has 2 rings (SSSR count). The molecule has 14 heavy (non-hydrogen) atoms. The number of carbonyl (C=O) groups is 2. The Morgan fingerprint density at radius 1 is 1.64 bits per heavy atom. The molecule has 0 aromatic carbocycles. The molecule has 1 fully saturated rings. The van der Waals surface area contributed by atoms with Crippen LogP contribution in [0.4, 0.5) is 0 Å². The molecule has 0 spiro atoms. The quantitative estimate of drug-likeness (QED) is 0.551. The maximum atomic E-state index is 11.2. The smallest absolute Gasteiger partial charge is 0.323 e. The lowest BCUT2D eigenvalue weighted by Crippen LogP contribution is -2.10. The largest absolute Gasteiger partial charge is 0.393 e. The number of hydrogen-bond acceptors (Lipinski definition) is 4. The van der Waals surface area contributed by atoms with Crippen molar-refractivity contribution in [3.8, 4) is 0 Å². The van der Waals surface area contributed by atoms with E-state index in [2.05, 4.69) is 25.8 Å². The molecule has 1 atom stereocenters. The van der Waals surface area contributed by atoms with E-state index < -0.39 is 17.9 Å². The number of aromatic nitrogens is 2. The van der Waals surface area contributed by atoms with E-state index in [9.17, 15) is 9.59 Å². The van der Waals surface area contributed by atoms with Crippen molar-refractivity contribution in [2.75, 3.05) is 0 Å². The van der Waals surface area contributed by atoms with Crippen LogP contribution in [-0.4, -0.2) is 21.7 Å². The molecule has 0 bridgehead atoms. The van der Waals surface area contributed by atoms with E-state index in [1.807, 2.05) is 0 Å². The summed E-state index contributed by atoms with van der Waals surface area (Å²) in [4.78, 5) is 22.1. The highest BCUT2D eigenvalue weighted by Crippen LogP contribution is 2.28. The van der Waals surface area contributed by atoms with Crippen LogP contribution in [0.1, 0.15) is 18.0 Å². The van der Waals surface area contributed by atoms with Crippen molar-refractivity contribution in [3.63, 3.8) is 0 Å². The Kier molecular flexibility index (Phi) is 2.14. The van der Waals surface area contributed by atoms with Crippen molar-refractivity contribution < 1.29 is 14.3 Å². The molecule has 0 radical (unpaired) electrons. The molecule has 0 saturated carbocycles. The second-order valence-corrected chi connectivity index (χ2v) is 3.88. The van der Waals surface area contributed by atoms with E-state index in [1.165, 1.54) is 0 Å². The third kappa shape index (κ3) is 1.45. The number of nitrogens with zero attached hydrogens (tertiary/aromatic N) is 2. The third-order valence-electron chi connectivity index (χ3n) is 2.11. The summed E-state index contributed by atoms with van der Waals surface area (Å²) in [6.45, 7) is 0. The molecule has 1 aromatic heterocycles. The molecule has 0 N–H and O–H groups in total. The first-order valence-corrected chi connectivity index (χ1v) is 4.81. The summed E-state index contributed by atoms with van der Waals surface area (Å²) in [5.41, 5.74) is 0.688. The topological polar surface area (TPSA) is 61.2 Å². The van der Waals surface area contributed by atoms with E-state index in [4.69, 9.17) is 0 Å². The maximum Gasteiger partial charge on any atom is 0.323 e. The molecular weight excluding hydrogens is 252 g/mol. The molecule has 5 nitrogen and oxygen atoms in total. The van der Waals surface area contributed by atoms with Crippen molar-refractivity contribution >= 4 is 27.9 Å². The number of aryl methyl sites for hydroxylation is 1. The van der Waals surface area contributed by atoms with Crippen molar-refractivity contribution in [2.45, 2.75) is 12.3 Å². The third-order valence-corrected chi connectivity index (χ3v) is 2.50. The van der Waals surface area contributed by atoms with Crippen LogP contribution in [0.5, 0.6) is 0 Å². The van der Waals surface area contributed by atoms with Crippen molar-refractivity contribution in [3.05, 3.63) is 16.4 Å². The van der Waals surface area contributed by atoms with Gasteiger partial charge in [-0.3, -0.25) is 14.3 Å². The number of esters is 2. The van der Waals surface area contributed by atoms with Gasteiger partial charge in [0.25, 0.3) is 0 Å². The fourth-order valence-electron chi connectivity index (χ4n) is 1.47. The predicted molar refractivity (Wildman–Crippen MR) is 49.4 cm³/mol. The lowest BCUT2D eigenvalue weighted by Gasteiger charge is -2.03. The first kappa shape index (κ1) is 9.39. The molecule has 2 heterocycles. The minimum atomic E-state index is -0.508. The van der Waals surface area contributed by atoms with Gasteiger partial charge in [0, 0.05) is 7.05 Å². The molecule has 0 amide bonds. The van der Waals surface area contributed by atoms with Crippen LogP contribution >= 0.6 is 15.9 Å². The van der Waals surface area contributed by atoms with Crippen LogP contribution in [0.15, 0.2) is 10.7 Å². The van der Waals surface area contributed by atoms with Gasteiger partial charge in [-0.15, -0.1) is 0 Å². The fourth-order valence-corrected chi connectivity index (χ4v) is 1.94. The predicted octanol–water partition coefficient (Wildman–Crippen LogP) is 0.740. The molecule has 74 valence electrons. The van der Waals surface area contributed by atoms with Crippen LogP contribution in [0, 0.1) is 0 Å². The average molecular weight is 259 g/mol. The lowest BCUT2D eigenvalue weighted by atomic mass is 10.0. The standard InChI is InChI=1S/C8H7BrN2O3/c1-11-5(3-6(9)10-11)4-2-7(12)14-8(4)13/h3-4H,2H2,1H3. The molecule has 1 aliphatic rings. The van der Waals surface area contributed by atoms with Gasteiger partial charge < -0.3 is 4.74 Å². The molecule has 6 heteroatoms. The van der Waals surface area contributed by atoms with Gasteiger partial charge >= 0.3 is 11.9 Å². The Morgan fingerprint density at radius 3 is 2.79 bits per heavy atom. The zero-order chi connectivity index (χ0) is 10.3. The molecule has 1 aromatic rings. The highest BCUT2D eigenvalue weighted by molar-refractivity contribution is 9.10. The summed E-state index contributed by atoms with van der Waals surface area (Å²) < 4.78 is 6.66. The zero-order valence-corrected chi connectivity index (χ0v) is 8.94. The van der Waals surface area contributed by atoms with Gasteiger partial charge in [-0.25, -0.2) is 0 Å². The second-order valence-electron chi connectivity index (χ2n) is 3.07. The number of rotatable bonds is 1. The van der Waals surface area contributed by atoms with Gasteiger partial charge in [0.15, 0.2) is 0 Å².